The molecule has 0 bridgehead atoms. The number of aromatic nitrogens is 1. The Hall–Kier alpha value is -1.14. The highest BCUT2D eigenvalue weighted by Gasteiger charge is 2.32. The van der Waals surface area contributed by atoms with Gasteiger partial charge in [-0.25, -0.2) is 13.4 Å². The second-order valence-corrected chi connectivity index (χ2v) is 7.24. The van der Waals surface area contributed by atoms with Crippen molar-refractivity contribution in [1.82, 2.24) is 9.29 Å². The molecular weight excluding hydrogens is 286 g/mol. The number of rotatable bonds is 6. The number of pyridine rings is 1. The monoisotopic (exact) mass is 311 g/mol. The highest BCUT2D eigenvalue weighted by atomic mass is 32.2. The van der Waals surface area contributed by atoms with E-state index in [1.165, 1.54) is 6.42 Å². The van der Waals surface area contributed by atoms with Crippen LogP contribution in [0.2, 0.25) is 0 Å². The van der Waals surface area contributed by atoms with Gasteiger partial charge in [-0.3, -0.25) is 0 Å². The minimum Gasteiger partial charge on any atom is -0.369 e. The Morgan fingerprint density at radius 2 is 2.00 bits per heavy atom. The molecule has 0 unspecified atom stereocenters. The summed E-state index contributed by atoms with van der Waals surface area (Å²) in [7, 11) is -3.50. The van der Waals surface area contributed by atoms with E-state index in [-0.39, 0.29) is 6.04 Å². The molecule has 118 valence electrons. The minimum absolute atomic E-state index is 0.128. The lowest BCUT2D eigenvalue weighted by molar-refractivity contribution is 0.261. The summed E-state index contributed by atoms with van der Waals surface area (Å²) < 4.78 is 27.7. The number of hydrogen-bond donors (Lipinski definition) is 1. The molecule has 1 aromatic heterocycles. The van der Waals surface area contributed by atoms with Gasteiger partial charge in [0, 0.05) is 25.3 Å². The summed E-state index contributed by atoms with van der Waals surface area (Å²) in [5, 5.41) is 3.05. The van der Waals surface area contributed by atoms with Gasteiger partial charge < -0.3 is 5.32 Å². The Morgan fingerprint density at radius 1 is 1.29 bits per heavy atom. The SMILES string of the molecule is CCNc1ncccc1S(=O)(=O)N(CC)C1CCCCC1. The van der Waals surface area contributed by atoms with Crippen LogP contribution in [0.1, 0.15) is 46.0 Å². The average Bonchev–Trinajstić information content (AvgIpc) is 2.49. The van der Waals surface area contributed by atoms with Gasteiger partial charge in [0.05, 0.1) is 0 Å². The van der Waals surface area contributed by atoms with Gasteiger partial charge in [-0.05, 0) is 31.9 Å². The van der Waals surface area contributed by atoms with Crippen LogP contribution in [0.4, 0.5) is 5.82 Å². The molecule has 6 heteroatoms. The topological polar surface area (TPSA) is 62.3 Å². The van der Waals surface area contributed by atoms with E-state index in [1.54, 1.807) is 22.6 Å². The zero-order chi connectivity index (χ0) is 15.3. The molecule has 21 heavy (non-hydrogen) atoms. The van der Waals surface area contributed by atoms with Gasteiger partial charge in [0.2, 0.25) is 10.0 Å². The molecule has 0 aliphatic heterocycles. The van der Waals surface area contributed by atoms with Crippen molar-refractivity contribution in [2.75, 3.05) is 18.4 Å². The lowest BCUT2D eigenvalue weighted by atomic mass is 9.95. The van der Waals surface area contributed by atoms with Gasteiger partial charge in [0.15, 0.2) is 0 Å². The van der Waals surface area contributed by atoms with Crippen molar-refractivity contribution in [2.24, 2.45) is 0 Å². The van der Waals surface area contributed by atoms with Gasteiger partial charge in [0.1, 0.15) is 10.7 Å². The number of sulfonamides is 1. The molecule has 1 fully saturated rings. The van der Waals surface area contributed by atoms with Crippen LogP contribution in [0.25, 0.3) is 0 Å². The van der Waals surface area contributed by atoms with Crippen molar-refractivity contribution in [1.29, 1.82) is 0 Å². The van der Waals surface area contributed by atoms with E-state index in [0.717, 1.165) is 25.7 Å². The molecule has 5 nitrogen and oxygen atoms in total. The lowest BCUT2D eigenvalue weighted by Gasteiger charge is -2.32. The molecule has 0 amide bonds. The molecule has 0 atom stereocenters. The maximum Gasteiger partial charge on any atom is 0.246 e. The zero-order valence-electron chi connectivity index (χ0n) is 12.9. The normalized spacial score (nSPS) is 17.1. The van der Waals surface area contributed by atoms with Gasteiger partial charge in [-0.15, -0.1) is 0 Å². The van der Waals surface area contributed by atoms with Gasteiger partial charge >= 0.3 is 0 Å². The quantitative estimate of drug-likeness (QED) is 0.877. The number of anilines is 1. The highest BCUT2D eigenvalue weighted by molar-refractivity contribution is 7.89. The highest BCUT2D eigenvalue weighted by Crippen LogP contribution is 2.29. The van der Waals surface area contributed by atoms with Crippen molar-refractivity contribution >= 4 is 15.8 Å². The van der Waals surface area contributed by atoms with Crippen LogP contribution in [-0.4, -0.2) is 36.8 Å². The first kappa shape index (κ1) is 16.2. The second-order valence-electron chi connectivity index (χ2n) is 5.38. The van der Waals surface area contributed by atoms with Crippen LogP contribution in [0, 0.1) is 0 Å². The van der Waals surface area contributed by atoms with Gasteiger partial charge in [-0.1, -0.05) is 26.2 Å². The van der Waals surface area contributed by atoms with E-state index in [2.05, 4.69) is 10.3 Å². The molecule has 1 saturated carbocycles. The molecule has 0 radical (unpaired) electrons. The molecule has 1 aromatic rings. The standard InChI is InChI=1S/C15H25N3O2S/c1-3-16-15-14(11-8-12-17-15)21(19,20)18(4-2)13-9-6-5-7-10-13/h8,11-13H,3-7,9-10H2,1-2H3,(H,16,17). The first-order chi connectivity index (χ1) is 10.1. The Labute approximate surface area is 127 Å². The number of nitrogens with zero attached hydrogens (tertiary/aromatic N) is 2. The molecule has 0 aromatic carbocycles. The Kier molecular flexibility index (Phi) is 5.58. The number of nitrogens with one attached hydrogen (secondary N) is 1. The smallest absolute Gasteiger partial charge is 0.246 e. The predicted molar refractivity (Wildman–Crippen MR) is 84.8 cm³/mol. The second kappa shape index (κ2) is 7.22. The molecule has 1 aliphatic rings. The van der Waals surface area contributed by atoms with Gasteiger partial charge in [-0.2, -0.15) is 4.31 Å². The first-order valence-electron chi connectivity index (χ1n) is 7.82. The van der Waals surface area contributed by atoms with E-state index >= 15 is 0 Å². The summed E-state index contributed by atoms with van der Waals surface area (Å²) in [5.41, 5.74) is 0. The summed E-state index contributed by atoms with van der Waals surface area (Å²) in [4.78, 5) is 4.47. The van der Waals surface area contributed by atoms with Crippen molar-refractivity contribution < 1.29 is 8.42 Å². The largest absolute Gasteiger partial charge is 0.369 e. The zero-order valence-corrected chi connectivity index (χ0v) is 13.7. The van der Waals surface area contributed by atoms with Crippen LogP contribution in [-0.2, 0) is 10.0 Å². The summed E-state index contributed by atoms with van der Waals surface area (Å²) in [5.74, 6) is 0.453. The number of hydrogen-bond acceptors (Lipinski definition) is 4. The molecule has 1 aliphatic carbocycles. The molecule has 2 rings (SSSR count). The van der Waals surface area contributed by atoms with Crippen molar-refractivity contribution in [3.05, 3.63) is 18.3 Å². The maximum absolute atomic E-state index is 13.0. The van der Waals surface area contributed by atoms with Gasteiger partial charge in [0.25, 0.3) is 0 Å². The Morgan fingerprint density at radius 3 is 2.62 bits per heavy atom. The third-order valence-electron chi connectivity index (χ3n) is 4.00. The lowest BCUT2D eigenvalue weighted by Crippen LogP contribution is -2.41. The summed E-state index contributed by atoms with van der Waals surface area (Å²) in [6.07, 6.45) is 6.98. The molecule has 0 saturated heterocycles. The summed E-state index contributed by atoms with van der Waals surface area (Å²) in [6, 6.07) is 3.46. The van der Waals surface area contributed by atoms with Crippen molar-refractivity contribution in [2.45, 2.75) is 56.9 Å². The summed E-state index contributed by atoms with van der Waals surface area (Å²) in [6.45, 7) is 5.00. The summed E-state index contributed by atoms with van der Waals surface area (Å²) >= 11 is 0. The average molecular weight is 311 g/mol. The van der Waals surface area contributed by atoms with E-state index in [4.69, 9.17) is 0 Å². The Bertz CT molecular complexity index is 554. The fourth-order valence-electron chi connectivity index (χ4n) is 3.02. The third kappa shape index (κ3) is 3.55. The third-order valence-corrected chi connectivity index (χ3v) is 6.05. The fourth-order valence-corrected chi connectivity index (χ4v) is 4.83. The first-order valence-corrected chi connectivity index (χ1v) is 9.26. The maximum atomic E-state index is 13.0. The van der Waals surface area contributed by atoms with Crippen molar-refractivity contribution in [3.63, 3.8) is 0 Å². The molecular formula is C15H25N3O2S. The van der Waals surface area contributed by atoms with Crippen LogP contribution in [0.3, 0.4) is 0 Å². The van der Waals surface area contributed by atoms with Crippen LogP contribution in [0.15, 0.2) is 23.2 Å². The van der Waals surface area contributed by atoms with Crippen LogP contribution >= 0.6 is 0 Å². The molecule has 1 heterocycles. The van der Waals surface area contributed by atoms with E-state index in [0.29, 0.717) is 23.8 Å². The van der Waals surface area contributed by atoms with Crippen LogP contribution < -0.4 is 5.32 Å². The van der Waals surface area contributed by atoms with Crippen molar-refractivity contribution in [3.8, 4) is 0 Å². The van der Waals surface area contributed by atoms with E-state index < -0.39 is 10.0 Å². The Balaban J connectivity index is 2.34. The molecule has 1 N–H and O–H groups in total. The fraction of sp³-hybridized carbons (Fsp3) is 0.667. The van der Waals surface area contributed by atoms with E-state index in [9.17, 15) is 8.42 Å². The van der Waals surface area contributed by atoms with Crippen LogP contribution in [0.5, 0.6) is 0 Å². The minimum atomic E-state index is -3.50. The van der Waals surface area contributed by atoms with E-state index in [1.807, 2.05) is 13.8 Å². The molecule has 0 spiro atoms. The predicted octanol–water partition coefficient (Wildman–Crippen LogP) is 2.86.